The molecule has 0 radical (unpaired) electrons. The van der Waals surface area contributed by atoms with Crippen molar-refractivity contribution in [2.45, 2.75) is 11.8 Å². The molecule has 1 N–H and O–H groups in total. The van der Waals surface area contributed by atoms with Crippen molar-refractivity contribution in [1.82, 2.24) is 0 Å². The maximum atomic E-state index is 10.8. The lowest BCUT2D eigenvalue weighted by Gasteiger charge is -2.07. The van der Waals surface area contributed by atoms with Crippen LogP contribution in [0.3, 0.4) is 0 Å². The van der Waals surface area contributed by atoms with Crippen molar-refractivity contribution in [3.8, 4) is 5.75 Å². The number of hydrogen-bond donors (Lipinski definition) is 2. The molecule has 0 saturated carbocycles. The lowest BCUT2D eigenvalue weighted by Crippen LogP contribution is -2.06. The number of benzene rings is 1. The van der Waals surface area contributed by atoms with Crippen LogP contribution in [0.1, 0.15) is 6.92 Å². The summed E-state index contributed by atoms with van der Waals surface area (Å²) in [5.41, 5.74) is 0.662. The molecule has 0 aliphatic rings. The minimum atomic E-state index is -0.122. The van der Waals surface area contributed by atoms with Crippen LogP contribution in [0, 0.1) is 0 Å². The molecule has 0 aromatic heterocycles. The number of ether oxygens (including phenoxy) is 1. The molecular formula is C9H11NO2S. The van der Waals surface area contributed by atoms with Gasteiger partial charge in [-0.1, -0.05) is 0 Å². The third-order valence-corrected chi connectivity index (χ3v) is 1.90. The highest BCUT2D eigenvalue weighted by atomic mass is 32.1. The lowest BCUT2D eigenvalue weighted by molar-refractivity contribution is -0.114. The Balaban J connectivity index is 2.96. The van der Waals surface area contributed by atoms with E-state index in [-0.39, 0.29) is 5.91 Å². The number of anilines is 1. The highest BCUT2D eigenvalue weighted by molar-refractivity contribution is 7.80. The molecule has 0 saturated heterocycles. The summed E-state index contributed by atoms with van der Waals surface area (Å²) in [6.07, 6.45) is 0. The molecule has 0 fully saturated rings. The topological polar surface area (TPSA) is 38.3 Å². The van der Waals surface area contributed by atoms with Crippen LogP contribution in [0.5, 0.6) is 5.75 Å². The summed E-state index contributed by atoms with van der Waals surface area (Å²) < 4.78 is 5.01. The van der Waals surface area contributed by atoms with Crippen LogP contribution in [0.4, 0.5) is 5.69 Å². The molecule has 0 unspecified atom stereocenters. The Morgan fingerprint density at radius 2 is 2.23 bits per heavy atom. The van der Waals surface area contributed by atoms with Crippen molar-refractivity contribution in [3.05, 3.63) is 18.2 Å². The van der Waals surface area contributed by atoms with Crippen molar-refractivity contribution in [1.29, 1.82) is 0 Å². The quantitative estimate of drug-likeness (QED) is 0.711. The fourth-order valence-corrected chi connectivity index (χ4v) is 1.13. The fourth-order valence-electron chi connectivity index (χ4n) is 0.932. The molecule has 0 aliphatic carbocycles. The van der Waals surface area contributed by atoms with E-state index in [0.29, 0.717) is 11.4 Å². The van der Waals surface area contributed by atoms with Crippen LogP contribution >= 0.6 is 12.6 Å². The normalized spacial score (nSPS) is 9.46. The van der Waals surface area contributed by atoms with Crippen molar-refractivity contribution >= 4 is 24.2 Å². The Kier molecular flexibility index (Phi) is 3.19. The van der Waals surface area contributed by atoms with Gasteiger partial charge in [0.25, 0.3) is 0 Å². The van der Waals surface area contributed by atoms with Gasteiger partial charge < -0.3 is 10.1 Å². The van der Waals surface area contributed by atoms with E-state index >= 15 is 0 Å². The maximum absolute atomic E-state index is 10.8. The average Bonchev–Trinajstić information content (AvgIpc) is 2.08. The highest BCUT2D eigenvalue weighted by Gasteiger charge is 2.02. The Hall–Kier alpha value is -1.16. The molecule has 1 aromatic carbocycles. The van der Waals surface area contributed by atoms with Crippen LogP contribution in [-0.4, -0.2) is 13.0 Å². The smallest absolute Gasteiger partial charge is 0.221 e. The van der Waals surface area contributed by atoms with Crippen LogP contribution in [0.15, 0.2) is 23.1 Å². The van der Waals surface area contributed by atoms with Crippen LogP contribution in [0.2, 0.25) is 0 Å². The maximum Gasteiger partial charge on any atom is 0.221 e. The van der Waals surface area contributed by atoms with Gasteiger partial charge in [0.2, 0.25) is 5.91 Å². The highest BCUT2D eigenvalue weighted by Crippen LogP contribution is 2.24. The molecule has 70 valence electrons. The van der Waals surface area contributed by atoms with Gasteiger partial charge in [0.1, 0.15) is 5.75 Å². The Morgan fingerprint density at radius 3 is 2.77 bits per heavy atom. The number of rotatable bonds is 2. The lowest BCUT2D eigenvalue weighted by atomic mass is 10.3. The van der Waals surface area contributed by atoms with E-state index in [0.717, 1.165) is 4.90 Å². The van der Waals surface area contributed by atoms with Gasteiger partial charge in [-0.05, 0) is 12.1 Å². The van der Waals surface area contributed by atoms with Crippen molar-refractivity contribution in [2.75, 3.05) is 12.4 Å². The van der Waals surface area contributed by atoms with Gasteiger partial charge in [0.05, 0.1) is 12.8 Å². The molecule has 1 amide bonds. The molecular weight excluding hydrogens is 186 g/mol. The predicted octanol–water partition coefficient (Wildman–Crippen LogP) is 1.94. The first-order chi connectivity index (χ1) is 6.13. The van der Waals surface area contributed by atoms with E-state index < -0.39 is 0 Å². The van der Waals surface area contributed by atoms with Crippen molar-refractivity contribution in [2.24, 2.45) is 0 Å². The molecule has 1 rings (SSSR count). The summed E-state index contributed by atoms with van der Waals surface area (Å²) in [5.74, 6) is 0.574. The van der Waals surface area contributed by atoms with Crippen LogP contribution in [-0.2, 0) is 4.79 Å². The number of carbonyl (C=O) groups is 1. The van der Waals surface area contributed by atoms with Gasteiger partial charge in [-0.15, -0.1) is 12.6 Å². The summed E-state index contributed by atoms with van der Waals surface area (Å²) in [7, 11) is 1.57. The fraction of sp³-hybridized carbons (Fsp3) is 0.222. The van der Waals surface area contributed by atoms with E-state index in [4.69, 9.17) is 4.74 Å². The minimum Gasteiger partial charge on any atom is -0.497 e. The second-order valence-corrected chi connectivity index (χ2v) is 3.05. The van der Waals surface area contributed by atoms with Gasteiger partial charge in [-0.3, -0.25) is 4.79 Å². The van der Waals surface area contributed by atoms with Crippen LogP contribution < -0.4 is 10.1 Å². The first-order valence-corrected chi connectivity index (χ1v) is 4.23. The zero-order valence-electron chi connectivity index (χ0n) is 7.50. The summed E-state index contributed by atoms with van der Waals surface area (Å²) in [6.45, 7) is 1.45. The molecule has 1 aromatic rings. The Bertz CT molecular complexity index is 325. The van der Waals surface area contributed by atoms with Gasteiger partial charge in [0, 0.05) is 17.9 Å². The number of amides is 1. The van der Waals surface area contributed by atoms with E-state index in [2.05, 4.69) is 17.9 Å². The standard InChI is InChI=1S/C9H11NO2S/c1-6(11)10-8-5-7(12-2)3-4-9(8)13/h3-5,13H,1-2H3,(H,10,11). The molecule has 0 aliphatic heterocycles. The Labute approximate surface area is 82.5 Å². The minimum absolute atomic E-state index is 0.122. The first-order valence-electron chi connectivity index (χ1n) is 3.78. The van der Waals surface area contributed by atoms with Crippen molar-refractivity contribution in [3.63, 3.8) is 0 Å². The predicted molar refractivity (Wildman–Crippen MR) is 54.5 cm³/mol. The molecule has 3 nitrogen and oxygen atoms in total. The monoisotopic (exact) mass is 197 g/mol. The number of carbonyl (C=O) groups excluding carboxylic acids is 1. The third kappa shape index (κ3) is 2.66. The molecule has 0 atom stereocenters. The van der Waals surface area contributed by atoms with Crippen molar-refractivity contribution < 1.29 is 9.53 Å². The van der Waals surface area contributed by atoms with E-state index in [1.165, 1.54) is 6.92 Å². The van der Waals surface area contributed by atoms with Gasteiger partial charge in [-0.2, -0.15) is 0 Å². The zero-order valence-corrected chi connectivity index (χ0v) is 8.39. The molecule has 0 spiro atoms. The molecule has 13 heavy (non-hydrogen) atoms. The molecule has 0 heterocycles. The largest absolute Gasteiger partial charge is 0.497 e. The first kappa shape index (κ1) is 9.92. The second-order valence-electron chi connectivity index (χ2n) is 2.56. The molecule has 4 heteroatoms. The number of hydrogen-bond acceptors (Lipinski definition) is 3. The second kappa shape index (κ2) is 4.18. The summed E-state index contributed by atoms with van der Waals surface area (Å²) in [5, 5.41) is 2.65. The third-order valence-electron chi connectivity index (χ3n) is 1.51. The number of nitrogens with one attached hydrogen (secondary N) is 1. The van der Waals surface area contributed by atoms with Crippen LogP contribution in [0.25, 0.3) is 0 Å². The average molecular weight is 197 g/mol. The van der Waals surface area contributed by atoms with Gasteiger partial charge in [0.15, 0.2) is 0 Å². The van der Waals surface area contributed by atoms with E-state index in [9.17, 15) is 4.79 Å². The summed E-state index contributed by atoms with van der Waals surface area (Å²) in [6, 6.07) is 5.28. The van der Waals surface area contributed by atoms with E-state index in [1.54, 1.807) is 25.3 Å². The van der Waals surface area contributed by atoms with Gasteiger partial charge in [-0.25, -0.2) is 0 Å². The molecule has 0 bridgehead atoms. The number of thiol groups is 1. The van der Waals surface area contributed by atoms with E-state index in [1.807, 2.05) is 0 Å². The zero-order chi connectivity index (χ0) is 9.84. The summed E-state index contributed by atoms with van der Waals surface area (Å²) >= 11 is 4.19. The summed E-state index contributed by atoms with van der Waals surface area (Å²) in [4.78, 5) is 11.5. The SMILES string of the molecule is COc1ccc(S)c(NC(C)=O)c1. The Morgan fingerprint density at radius 1 is 1.54 bits per heavy atom. The van der Waals surface area contributed by atoms with Gasteiger partial charge >= 0.3 is 0 Å². The number of methoxy groups -OCH3 is 1.